The van der Waals surface area contributed by atoms with Crippen molar-refractivity contribution in [3.05, 3.63) is 36.0 Å². The number of carbonyl (C=O) groups is 1. The summed E-state index contributed by atoms with van der Waals surface area (Å²) in [6.07, 6.45) is 1.92. The van der Waals surface area contributed by atoms with Gasteiger partial charge in [-0.25, -0.2) is 0 Å². The molecular formula is C16H23N3O2. The molecule has 1 unspecified atom stereocenters. The number of rotatable bonds is 6. The van der Waals surface area contributed by atoms with E-state index in [0.717, 1.165) is 16.5 Å². The van der Waals surface area contributed by atoms with Crippen LogP contribution >= 0.6 is 0 Å². The van der Waals surface area contributed by atoms with Gasteiger partial charge in [0.2, 0.25) is 0 Å². The number of nitrogens with two attached hydrogens (primary N) is 1. The molecule has 1 heterocycles. The van der Waals surface area contributed by atoms with Crippen molar-refractivity contribution in [1.29, 1.82) is 0 Å². The number of aromatic amines is 1. The summed E-state index contributed by atoms with van der Waals surface area (Å²) in [5.41, 5.74) is 8.15. The third-order valence-corrected chi connectivity index (χ3v) is 3.71. The number of para-hydroxylation sites is 1. The van der Waals surface area contributed by atoms with E-state index in [1.165, 1.54) is 0 Å². The molecule has 0 saturated heterocycles. The molecule has 0 fully saturated rings. The average molecular weight is 289 g/mol. The first-order valence-corrected chi connectivity index (χ1v) is 7.13. The van der Waals surface area contributed by atoms with E-state index < -0.39 is 6.04 Å². The summed E-state index contributed by atoms with van der Waals surface area (Å²) in [5.74, 6) is -0.456. The number of likely N-dealkylation sites (N-methyl/N-ethyl adjacent to an activating group) is 1. The Labute approximate surface area is 125 Å². The van der Waals surface area contributed by atoms with E-state index in [4.69, 9.17) is 10.5 Å². The number of carbonyl (C=O) groups excluding carboxylic acids is 1. The molecule has 0 aliphatic carbocycles. The molecule has 3 N–H and O–H groups in total. The highest BCUT2D eigenvalue weighted by Gasteiger charge is 2.25. The summed E-state index contributed by atoms with van der Waals surface area (Å²) in [5, 5.41) is 1.10. The Morgan fingerprint density at radius 3 is 2.81 bits per heavy atom. The van der Waals surface area contributed by atoms with Crippen LogP contribution in [0.25, 0.3) is 10.9 Å². The predicted octanol–water partition coefficient (Wildman–Crippen LogP) is 1.70. The smallest absolute Gasteiger partial charge is 0.323 e. The van der Waals surface area contributed by atoms with Gasteiger partial charge in [-0.15, -0.1) is 0 Å². The van der Waals surface area contributed by atoms with E-state index in [1.54, 1.807) is 0 Å². The zero-order valence-electron chi connectivity index (χ0n) is 12.8. The molecule has 2 rings (SSSR count). The predicted molar refractivity (Wildman–Crippen MR) is 84.2 cm³/mol. The molecule has 0 amide bonds. The Morgan fingerprint density at radius 1 is 1.38 bits per heavy atom. The van der Waals surface area contributed by atoms with Crippen LogP contribution in [-0.4, -0.2) is 49.1 Å². The van der Waals surface area contributed by atoms with Crippen LogP contribution in [0.5, 0.6) is 0 Å². The minimum absolute atomic E-state index is 0.104. The summed E-state index contributed by atoms with van der Waals surface area (Å²) in [4.78, 5) is 17.2. The quantitative estimate of drug-likeness (QED) is 0.794. The lowest BCUT2D eigenvalue weighted by Crippen LogP contribution is -2.38. The number of fused-ring (bicyclic) bond motifs is 1. The molecule has 5 heteroatoms. The fourth-order valence-electron chi connectivity index (χ4n) is 2.29. The molecule has 0 aliphatic heterocycles. The Kier molecular flexibility index (Phi) is 4.98. The van der Waals surface area contributed by atoms with Gasteiger partial charge in [-0.2, -0.15) is 0 Å². The molecule has 1 aromatic carbocycles. The standard InChI is InChI=1S/C16H23N3O2/c1-11(15(17)16(20)21-9-8-19(2)3)13-10-18-14-7-5-4-6-12(13)14/h4-7,10-11,15,18H,8-9,17H2,1-3H3/t11?,15-/m0/s1. The van der Waals surface area contributed by atoms with Gasteiger partial charge in [0.15, 0.2) is 0 Å². The lowest BCUT2D eigenvalue weighted by Gasteiger charge is -2.19. The summed E-state index contributed by atoms with van der Waals surface area (Å²) in [6, 6.07) is 7.33. The molecule has 2 aromatic rings. The van der Waals surface area contributed by atoms with Crippen LogP contribution in [0.1, 0.15) is 18.4 Å². The van der Waals surface area contributed by atoms with E-state index in [0.29, 0.717) is 13.2 Å². The number of hydrogen-bond donors (Lipinski definition) is 2. The Bertz CT molecular complexity index is 606. The summed E-state index contributed by atoms with van der Waals surface area (Å²) >= 11 is 0. The van der Waals surface area contributed by atoms with Crippen LogP contribution in [0, 0.1) is 0 Å². The van der Waals surface area contributed by atoms with Crippen molar-refractivity contribution < 1.29 is 9.53 Å². The monoisotopic (exact) mass is 289 g/mol. The first-order chi connectivity index (χ1) is 10.0. The highest BCUT2D eigenvalue weighted by atomic mass is 16.5. The van der Waals surface area contributed by atoms with E-state index in [1.807, 2.05) is 56.4 Å². The number of nitrogens with zero attached hydrogens (tertiary/aromatic N) is 1. The zero-order chi connectivity index (χ0) is 15.4. The molecule has 1 aromatic heterocycles. The van der Waals surface area contributed by atoms with Crippen molar-refractivity contribution in [3.8, 4) is 0 Å². The van der Waals surface area contributed by atoms with Gasteiger partial charge in [0.1, 0.15) is 12.6 Å². The number of benzene rings is 1. The van der Waals surface area contributed by atoms with Crippen LogP contribution in [-0.2, 0) is 9.53 Å². The number of ether oxygens (including phenoxy) is 1. The molecule has 0 spiro atoms. The number of nitrogens with one attached hydrogen (secondary N) is 1. The fourth-order valence-corrected chi connectivity index (χ4v) is 2.29. The molecule has 0 aliphatic rings. The molecule has 5 nitrogen and oxygen atoms in total. The normalized spacial score (nSPS) is 14.3. The third-order valence-electron chi connectivity index (χ3n) is 3.71. The van der Waals surface area contributed by atoms with E-state index in [-0.39, 0.29) is 11.9 Å². The van der Waals surface area contributed by atoms with Gasteiger partial charge in [0, 0.05) is 29.6 Å². The van der Waals surface area contributed by atoms with Crippen molar-refractivity contribution in [1.82, 2.24) is 9.88 Å². The van der Waals surface area contributed by atoms with Crippen LogP contribution in [0.2, 0.25) is 0 Å². The Hall–Kier alpha value is -1.85. The van der Waals surface area contributed by atoms with Crippen LogP contribution in [0.15, 0.2) is 30.5 Å². The summed E-state index contributed by atoms with van der Waals surface area (Å²) < 4.78 is 5.23. The summed E-state index contributed by atoms with van der Waals surface area (Å²) in [6.45, 7) is 3.01. The van der Waals surface area contributed by atoms with Crippen molar-refractivity contribution >= 4 is 16.9 Å². The maximum Gasteiger partial charge on any atom is 0.323 e. The average Bonchev–Trinajstić information content (AvgIpc) is 2.89. The van der Waals surface area contributed by atoms with Crippen LogP contribution in [0.3, 0.4) is 0 Å². The Morgan fingerprint density at radius 2 is 2.10 bits per heavy atom. The highest BCUT2D eigenvalue weighted by molar-refractivity contribution is 5.85. The van der Waals surface area contributed by atoms with Gasteiger partial charge >= 0.3 is 5.97 Å². The number of hydrogen-bond acceptors (Lipinski definition) is 4. The SMILES string of the molecule is CC(c1c[nH]c2ccccc12)[C@H](N)C(=O)OCCN(C)C. The molecule has 0 bridgehead atoms. The molecule has 0 radical (unpaired) electrons. The van der Waals surface area contributed by atoms with Gasteiger partial charge in [0.05, 0.1) is 0 Å². The Balaban J connectivity index is 2.05. The van der Waals surface area contributed by atoms with Gasteiger partial charge in [-0.05, 0) is 25.7 Å². The maximum absolute atomic E-state index is 12.0. The number of H-pyrrole nitrogens is 1. The largest absolute Gasteiger partial charge is 0.463 e. The van der Waals surface area contributed by atoms with E-state index >= 15 is 0 Å². The third kappa shape index (κ3) is 3.62. The van der Waals surface area contributed by atoms with Crippen molar-refractivity contribution in [2.45, 2.75) is 18.9 Å². The number of aromatic nitrogens is 1. The second-order valence-corrected chi connectivity index (χ2v) is 5.57. The minimum Gasteiger partial charge on any atom is -0.463 e. The molecule has 0 saturated carbocycles. The van der Waals surface area contributed by atoms with Gasteiger partial charge in [-0.1, -0.05) is 25.1 Å². The van der Waals surface area contributed by atoms with Gasteiger partial charge < -0.3 is 20.4 Å². The first kappa shape index (κ1) is 15.5. The molecule has 2 atom stereocenters. The summed E-state index contributed by atoms with van der Waals surface area (Å²) in [7, 11) is 3.87. The van der Waals surface area contributed by atoms with E-state index in [9.17, 15) is 4.79 Å². The minimum atomic E-state index is -0.661. The molecule has 114 valence electrons. The topological polar surface area (TPSA) is 71.3 Å². The van der Waals surface area contributed by atoms with E-state index in [2.05, 4.69) is 4.98 Å². The second-order valence-electron chi connectivity index (χ2n) is 5.57. The van der Waals surface area contributed by atoms with Gasteiger partial charge in [0.25, 0.3) is 0 Å². The van der Waals surface area contributed by atoms with Crippen molar-refractivity contribution in [2.24, 2.45) is 5.73 Å². The van der Waals surface area contributed by atoms with Gasteiger partial charge in [-0.3, -0.25) is 4.79 Å². The lowest BCUT2D eigenvalue weighted by atomic mass is 9.93. The van der Waals surface area contributed by atoms with Crippen LogP contribution in [0.4, 0.5) is 0 Å². The van der Waals surface area contributed by atoms with Crippen molar-refractivity contribution in [3.63, 3.8) is 0 Å². The van der Waals surface area contributed by atoms with Crippen molar-refractivity contribution in [2.75, 3.05) is 27.2 Å². The fraction of sp³-hybridized carbons (Fsp3) is 0.438. The van der Waals surface area contributed by atoms with Crippen LogP contribution < -0.4 is 5.73 Å². The molecule has 21 heavy (non-hydrogen) atoms. The second kappa shape index (κ2) is 6.74. The highest BCUT2D eigenvalue weighted by Crippen LogP contribution is 2.27. The lowest BCUT2D eigenvalue weighted by molar-refractivity contribution is -0.145. The maximum atomic E-state index is 12.0. The zero-order valence-corrected chi connectivity index (χ0v) is 12.8. The first-order valence-electron chi connectivity index (χ1n) is 7.13. The molecular weight excluding hydrogens is 266 g/mol. The number of esters is 1.